The maximum atomic E-state index is 13.2. The zero-order chi connectivity index (χ0) is 24.2. The number of methoxy groups -OCH3 is 2. The molecule has 2 aromatic carbocycles. The highest BCUT2D eigenvalue weighted by Crippen LogP contribution is 2.19. The van der Waals surface area contributed by atoms with E-state index in [1.54, 1.807) is 19.1 Å². The van der Waals surface area contributed by atoms with E-state index in [-0.39, 0.29) is 24.3 Å². The van der Waals surface area contributed by atoms with Crippen molar-refractivity contribution in [3.8, 4) is 17.2 Å². The summed E-state index contributed by atoms with van der Waals surface area (Å²) in [5, 5.41) is 2.94. The second kappa shape index (κ2) is 13.4. The molecule has 7 heteroatoms. The van der Waals surface area contributed by atoms with Crippen LogP contribution in [0.1, 0.15) is 45.6 Å². The fourth-order valence-corrected chi connectivity index (χ4v) is 3.46. The van der Waals surface area contributed by atoms with Crippen molar-refractivity contribution in [2.45, 2.75) is 58.7 Å². The zero-order valence-electron chi connectivity index (χ0n) is 20.3. The van der Waals surface area contributed by atoms with Crippen LogP contribution in [0.4, 0.5) is 0 Å². The van der Waals surface area contributed by atoms with E-state index in [9.17, 15) is 9.59 Å². The van der Waals surface area contributed by atoms with E-state index in [0.717, 1.165) is 22.8 Å². The summed E-state index contributed by atoms with van der Waals surface area (Å²) in [6, 6.07) is 14.3. The molecule has 0 spiro atoms. The zero-order valence-corrected chi connectivity index (χ0v) is 20.3. The molecule has 0 aliphatic carbocycles. The van der Waals surface area contributed by atoms with Crippen molar-refractivity contribution in [3.05, 3.63) is 54.1 Å². The number of hydrogen-bond donors (Lipinski definition) is 1. The molecule has 33 heavy (non-hydrogen) atoms. The summed E-state index contributed by atoms with van der Waals surface area (Å²) in [6.45, 7) is 6.51. The molecule has 0 aliphatic heterocycles. The van der Waals surface area contributed by atoms with Crippen molar-refractivity contribution in [1.29, 1.82) is 0 Å². The highest BCUT2D eigenvalue weighted by atomic mass is 16.5. The first-order valence-corrected chi connectivity index (χ1v) is 11.4. The van der Waals surface area contributed by atoms with Crippen molar-refractivity contribution in [2.24, 2.45) is 0 Å². The molecule has 0 bridgehead atoms. The third kappa shape index (κ3) is 8.33. The summed E-state index contributed by atoms with van der Waals surface area (Å²) in [4.78, 5) is 27.7. The molecular formula is C26H36N2O5. The number of hydrogen-bond acceptors (Lipinski definition) is 5. The predicted molar refractivity (Wildman–Crippen MR) is 129 cm³/mol. The first-order valence-electron chi connectivity index (χ1n) is 11.4. The van der Waals surface area contributed by atoms with Crippen LogP contribution in [-0.2, 0) is 16.1 Å². The molecule has 0 unspecified atom stereocenters. The Morgan fingerprint density at radius 1 is 0.909 bits per heavy atom. The molecule has 2 aromatic rings. The second-order valence-corrected chi connectivity index (χ2v) is 8.08. The van der Waals surface area contributed by atoms with Gasteiger partial charge in [-0.05, 0) is 68.7 Å². The summed E-state index contributed by atoms with van der Waals surface area (Å²) in [7, 11) is 3.23. The van der Waals surface area contributed by atoms with Gasteiger partial charge < -0.3 is 24.4 Å². The Morgan fingerprint density at radius 2 is 1.45 bits per heavy atom. The quantitative estimate of drug-likeness (QED) is 0.457. The molecule has 2 rings (SSSR count). The smallest absolute Gasteiger partial charge is 0.243 e. The number of ether oxygens (including phenoxy) is 3. The van der Waals surface area contributed by atoms with Crippen molar-refractivity contribution in [3.63, 3.8) is 0 Å². The van der Waals surface area contributed by atoms with E-state index in [1.165, 1.54) is 0 Å². The molecular weight excluding hydrogens is 420 g/mol. The molecule has 180 valence electrons. The van der Waals surface area contributed by atoms with Crippen LogP contribution in [0.15, 0.2) is 48.5 Å². The first-order chi connectivity index (χ1) is 15.9. The van der Waals surface area contributed by atoms with Gasteiger partial charge >= 0.3 is 0 Å². The Labute approximate surface area is 197 Å². The fraction of sp³-hybridized carbons (Fsp3) is 0.462. The minimum Gasteiger partial charge on any atom is -0.497 e. The summed E-state index contributed by atoms with van der Waals surface area (Å²) in [6.07, 6.45) is 1.37. The van der Waals surface area contributed by atoms with E-state index in [2.05, 4.69) is 5.32 Å². The van der Waals surface area contributed by atoms with Gasteiger partial charge in [0.1, 0.15) is 23.3 Å². The Bertz CT molecular complexity index is 865. The van der Waals surface area contributed by atoms with Crippen molar-refractivity contribution >= 4 is 11.8 Å². The summed E-state index contributed by atoms with van der Waals surface area (Å²) in [5.41, 5.74) is 0.939. The fourth-order valence-electron chi connectivity index (χ4n) is 3.46. The Balaban J connectivity index is 2.04. The molecule has 0 aromatic heterocycles. The van der Waals surface area contributed by atoms with Gasteiger partial charge in [0.15, 0.2) is 0 Å². The van der Waals surface area contributed by atoms with Gasteiger partial charge in [0.25, 0.3) is 0 Å². The van der Waals surface area contributed by atoms with Crippen LogP contribution in [0.2, 0.25) is 0 Å². The number of amides is 2. The maximum Gasteiger partial charge on any atom is 0.243 e. The molecule has 7 nitrogen and oxygen atoms in total. The van der Waals surface area contributed by atoms with Crippen LogP contribution in [-0.4, -0.2) is 49.6 Å². The second-order valence-electron chi connectivity index (χ2n) is 8.08. The lowest BCUT2D eigenvalue weighted by atomic mass is 10.1. The summed E-state index contributed by atoms with van der Waals surface area (Å²) in [5.74, 6) is 2.02. The molecule has 0 radical (unpaired) electrons. The number of carbonyl (C=O) groups is 2. The van der Waals surface area contributed by atoms with Crippen LogP contribution in [0, 0.1) is 0 Å². The third-order valence-corrected chi connectivity index (χ3v) is 5.19. The molecule has 0 saturated carbocycles. The minimum atomic E-state index is -0.537. The van der Waals surface area contributed by atoms with Crippen molar-refractivity contribution in [2.75, 3.05) is 20.8 Å². The predicted octanol–water partition coefficient (Wildman–Crippen LogP) is 4.19. The monoisotopic (exact) mass is 456 g/mol. The Hall–Kier alpha value is -3.22. The summed E-state index contributed by atoms with van der Waals surface area (Å²) < 4.78 is 16.1. The maximum absolute atomic E-state index is 13.2. The van der Waals surface area contributed by atoms with Crippen molar-refractivity contribution in [1.82, 2.24) is 10.2 Å². The topological polar surface area (TPSA) is 77.1 Å². The van der Waals surface area contributed by atoms with Crippen LogP contribution >= 0.6 is 0 Å². The van der Waals surface area contributed by atoms with Crippen LogP contribution < -0.4 is 19.5 Å². The minimum absolute atomic E-state index is 0.00221. The molecule has 0 aliphatic rings. The molecule has 0 saturated heterocycles. The van der Waals surface area contributed by atoms with E-state index >= 15 is 0 Å². The largest absolute Gasteiger partial charge is 0.497 e. The van der Waals surface area contributed by atoms with Gasteiger partial charge in [0.05, 0.1) is 20.8 Å². The van der Waals surface area contributed by atoms with Gasteiger partial charge in [0.2, 0.25) is 11.8 Å². The lowest BCUT2D eigenvalue weighted by Gasteiger charge is -2.31. The Kier molecular flexibility index (Phi) is 10.5. The van der Waals surface area contributed by atoms with E-state index in [0.29, 0.717) is 26.0 Å². The average molecular weight is 457 g/mol. The number of carbonyl (C=O) groups excluding carboxylic acids is 2. The van der Waals surface area contributed by atoms with E-state index in [4.69, 9.17) is 14.2 Å². The molecule has 1 N–H and O–H groups in total. The van der Waals surface area contributed by atoms with Crippen molar-refractivity contribution < 1.29 is 23.8 Å². The van der Waals surface area contributed by atoms with Crippen LogP contribution in [0.25, 0.3) is 0 Å². The molecule has 0 heterocycles. The van der Waals surface area contributed by atoms with E-state index in [1.807, 2.05) is 69.3 Å². The standard InChI is InChI=1S/C26H36N2O5/c1-6-24(26(30)27-19(2)3)28(18-20-9-11-21(31-4)12-10-20)25(29)8-7-17-33-23-15-13-22(32-5)14-16-23/h9-16,19,24H,6-8,17-18H2,1-5H3,(H,27,30)/t24-/m0/s1. The average Bonchev–Trinajstić information content (AvgIpc) is 2.82. The SMILES string of the molecule is CC[C@@H](C(=O)NC(C)C)N(Cc1ccc(OC)cc1)C(=O)CCCOc1ccc(OC)cc1. The lowest BCUT2D eigenvalue weighted by Crippen LogP contribution is -2.50. The van der Waals surface area contributed by atoms with Crippen LogP contribution in [0.5, 0.6) is 17.2 Å². The molecule has 0 fully saturated rings. The highest BCUT2D eigenvalue weighted by Gasteiger charge is 2.28. The molecule has 2 amide bonds. The van der Waals surface area contributed by atoms with E-state index < -0.39 is 6.04 Å². The molecule has 1 atom stereocenters. The Morgan fingerprint density at radius 3 is 1.97 bits per heavy atom. The lowest BCUT2D eigenvalue weighted by molar-refractivity contribution is -0.141. The number of rotatable bonds is 13. The first kappa shape index (κ1) is 26.0. The summed E-state index contributed by atoms with van der Waals surface area (Å²) >= 11 is 0. The number of nitrogens with one attached hydrogen (secondary N) is 1. The normalized spacial score (nSPS) is 11.6. The van der Waals surface area contributed by atoms with Gasteiger partial charge in [-0.2, -0.15) is 0 Å². The van der Waals surface area contributed by atoms with Gasteiger partial charge in [-0.25, -0.2) is 0 Å². The number of nitrogens with zero attached hydrogens (tertiary/aromatic N) is 1. The van der Waals surface area contributed by atoms with Gasteiger partial charge in [-0.15, -0.1) is 0 Å². The van der Waals surface area contributed by atoms with Gasteiger partial charge in [0, 0.05) is 19.0 Å². The number of benzene rings is 2. The van der Waals surface area contributed by atoms with Crippen LogP contribution in [0.3, 0.4) is 0 Å². The van der Waals surface area contributed by atoms with Gasteiger partial charge in [-0.1, -0.05) is 19.1 Å². The third-order valence-electron chi connectivity index (χ3n) is 5.19. The van der Waals surface area contributed by atoms with Gasteiger partial charge in [-0.3, -0.25) is 9.59 Å². The highest BCUT2D eigenvalue weighted by molar-refractivity contribution is 5.87.